The summed E-state index contributed by atoms with van der Waals surface area (Å²) in [5.41, 5.74) is 7.93. The van der Waals surface area contributed by atoms with Crippen LogP contribution in [0.3, 0.4) is 0 Å². The largest absolute Gasteiger partial charge is 0.491 e. The molecule has 4 aromatic rings. The lowest BCUT2D eigenvalue weighted by Gasteiger charge is -2.29. The number of aryl methyl sites for hydroxylation is 1. The van der Waals surface area contributed by atoms with E-state index < -0.39 is 0 Å². The first kappa shape index (κ1) is 14.7. The van der Waals surface area contributed by atoms with Gasteiger partial charge in [0.1, 0.15) is 25.3 Å². The van der Waals surface area contributed by atoms with E-state index >= 15 is 0 Å². The van der Waals surface area contributed by atoms with Crippen LogP contribution in [0, 0.1) is 12.8 Å². The van der Waals surface area contributed by atoms with Gasteiger partial charge in [-0.2, -0.15) is 0 Å². The fraction of sp³-hybridized carbons (Fsp3) is 0.160. The molecule has 2 atom stereocenters. The Morgan fingerprint density at radius 1 is 0.964 bits per heavy atom. The minimum absolute atomic E-state index is 0.0800. The molecule has 2 unspecified atom stereocenters. The van der Waals surface area contributed by atoms with Crippen molar-refractivity contribution in [3.8, 4) is 0 Å². The lowest BCUT2D eigenvalue weighted by Crippen LogP contribution is -2.38. The van der Waals surface area contributed by atoms with E-state index in [-0.39, 0.29) is 12.0 Å². The molecule has 0 aliphatic carbocycles. The van der Waals surface area contributed by atoms with E-state index in [1.54, 1.807) is 0 Å². The van der Waals surface area contributed by atoms with E-state index in [9.17, 15) is 0 Å². The Bertz CT molecular complexity index is 1460. The number of fused-ring (bicyclic) bond motifs is 7. The third-order valence-electron chi connectivity index (χ3n) is 6.77. The van der Waals surface area contributed by atoms with Crippen LogP contribution in [0.1, 0.15) is 11.1 Å². The normalized spacial score (nSPS) is 22.1. The number of nitrogens with zero attached hydrogens (tertiary/aromatic N) is 2. The Hall–Kier alpha value is -3.33. The van der Waals surface area contributed by atoms with Crippen LogP contribution in [-0.2, 0) is 4.74 Å². The zero-order valence-electron chi connectivity index (χ0n) is 15.8. The van der Waals surface area contributed by atoms with E-state index in [4.69, 9.17) is 4.74 Å². The summed E-state index contributed by atoms with van der Waals surface area (Å²) >= 11 is 0. The molecule has 3 nitrogen and oxygen atoms in total. The highest BCUT2D eigenvalue weighted by Gasteiger charge is 2.48. The number of aromatic nitrogens is 1. The van der Waals surface area contributed by atoms with Crippen LogP contribution < -0.4 is 0 Å². The Balaban J connectivity index is 1.86. The minimum Gasteiger partial charge on any atom is -0.491 e. The van der Waals surface area contributed by atoms with Crippen LogP contribution >= 0.6 is 0 Å². The van der Waals surface area contributed by atoms with Gasteiger partial charge in [-0.3, -0.25) is 0 Å². The number of hydrogen-bond donors (Lipinski definition) is 0. The van der Waals surface area contributed by atoms with Gasteiger partial charge in [-0.15, -0.1) is 0 Å². The van der Waals surface area contributed by atoms with E-state index in [0.29, 0.717) is 0 Å². The molecule has 0 saturated heterocycles. The Labute approximate surface area is 162 Å². The van der Waals surface area contributed by atoms with Gasteiger partial charge < -0.3 is 9.30 Å². The van der Waals surface area contributed by atoms with Crippen molar-refractivity contribution in [2.45, 2.75) is 13.0 Å². The van der Waals surface area contributed by atoms with Crippen molar-refractivity contribution in [2.24, 2.45) is 5.92 Å². The van der Waals surface area contributed by atoms with Crippen molar-refractivity contribution in [1.82, 2.24) is 4.57 Å². The third kappa shape index (κ3) is 1.48. The molecule has 134 valence electrons. The summed E-state index contributed by atoms with van der Waals surface area (Å²) < 4.78 is 10.9. The zero-order valence-corrected chi connectivity index (χ0v) is 15.8. The summed E-state index contributed by atoms with van der Waals surface area (Å²) in [5.74, 6) is 0.237. The first-order valence-electron chi connectivity index (χ1n) is 9.84. The van der Waals surface area contributed by atoms with Gasteiger partial charge in [-0.1, -0.05) is 42.5 Å². The molecule has 0 radical (unpaired) electrons. The third-order valence-corrected chi connectivity index (χ3v) is 6.77. The molecule has 0 bridgehead atoms. The monoisotopic (exact) mass is 363 g/mol. The molecule has 0 N–H and O–H groups in total. The molecule has 0 spiro atoms. The van der Waals surface area contributed by atoms with Crippen molar-refractivity contribution < 1.29 is 9.31 Å². The summed E-state index contributed by atoms with van der Waals surface area (Å²) in [7, 11) is 2.16. The summed E-state index contributed by atoms with van der Waals surface area (Å²) in [6.07, 6.45) is 6.41. The lowest BCUT2D eigenvalue weighted by molar-refractivity contribution is -0.427. The number of benzene rings is 3. The predicted molar refractivity (Wildman–Crippen MR) is 114 cm³/mol. The molecule has 1 aromatic heterocycles. The maximum absolute atomic E-state index is 6.12. The first-order chi connectivity index (χ1) is 13.8. The minimum atomic E-state index is 0.0800. The van der Waals surface area contributed by atoms with Gasteiger partial charge in [0.25, 0.3) is 0 Å². The second kappa shape index (κ2) is 4.74. The number of ether oxygens (including phenoxy) is 1. The molecule has 3 aliphatic heterocycles. The van der Waals surface area contributed by atoms with Crippen LogP contribution in [0.4, 0.5) is 0 Å². The van der Waals surface area contributed by atoms with E-state index in [0.717, 1.165) is 0 Å². The maximum Gasteiger partial charge on any atom is 0.204 e. The fourth-order valence-electron chi connectivity index (χ4n) is 5.63. The Morgan fingerprint density at radius 3 is 2.57 bits per heavy atom. The predicted octanol–water partition coefficient (Wildman–Crippen LogP) is 5.04. The van der Waals surface area contributed by atoms with E-state index in [1.807, 2.05) is 6.26 Å². The molecule has 7 rings (SSSR count). The molecule has 0 amide bonds. The molecule has 0 fully saturated rings. The highest BCUT2D eigenvalue weighted by Crippen LogP contribution is 2.49. The zero-order chi connectivity index (χ0) is 18.6. The summed E-state index contributed by atoms with van der Waals surface area (Å²) in [6.45, 7) is 2.28. The van der Waals surface area contributed by atoms with Crippen molar-refractivity contribution in [3.63, 3.8) is 0 Å². The van der Waals surface area contributed by atoms with Gasteiger partial charge in [0.15, 0.2) is 6.20 Å². The number of rotatable bonds is 0. The average molecular weight is 363 g/mol. The molecule has 0 saturated carbocycles. The molecule has 4 heterocycles. The van der Waals surface area contributed by atoms with Crippen LogP contribution in [0.15, 0.2) is 67.1 Å². The Kier molecular flexibility index (Phi) is 2.49. The number of para-hydroxylation sites is 1. The highest BCUT2D eigenvalue weighted by atomic mass is 16.5. The summed E-state index contributed by atoms with van der Waals surface area (Å²) in [5, 5.41) is 5.34. The quantitative estimate of drug-likeness (QED) is 0.400. The van der Waals surface area contributed by atoms with Gasteiger partial charge >= 0.3 is 0 Å². The molecule has 3 aliphatic rings. The van der Waals surface area contributed by atoms with Gasteiger partial charge in [0.05, 0.1) is 22.3 Å². The molecular formula is C25H19N2O+. The standard InChI is InChI=1S/C25H19N2O/c1-14-15-7-3-4-8-16(15)22-17-9-5-6-10-18(17)27-19-13-28-20-11-12-26(2)24(23(19)20)21(14)25(22)27/h3-13,20,23H,1-2H3/q+1. The molecular weight excluding hydrogens is 344 g/mol. The summed E-state index contributed by atoms with van der Waals surface area (Å²) in [6, 6.07) is 17.6. The summed E-state index contributed by atoms with van der Waals surface area (Å²) in [4.78, 5) is 0. The van der Waals surface area contributed by atoms with Crippen LogP contribution in [0.25, 0.3) is 38.3 Å². The van der Waals surface area contributed by atoms with Crippen LogP contribution in [0.2, 0.25) is 0 Å². The smallest absolute Gasteiger partial charge is 0.204 e. The van der Waals surface area contributed by atoms with Crippen molar-refractivity contribution in [1.29, 1.82) is 0 Å². The second-order valence-electron chi connectivity index (χ2n) is 8.08. The van der Waals surface area contributed by atoms with Gasteiger partial charge in [0, 0.05) is 16.8 Å². The Morgan fingerprint density at radius 2 is 1.71 bits per heavy atom. The van der Waals surface area contributed by atoms with Gasteiger partial charge in [0.2, 0.25) is 5.71 Å². The van der Waals surface area contributed by atoms with Crippen LogP contribution in [0.5, 0.6) is 0 Å². The molecule has 28 heavy (non-hydrogen) atoms. The first-order valence-corrected chi connectivity index (χ1v) is 9.84. The van der Waals surface area contributed by atoms with Crippen molar-refractivity contribution in [3.05, 3.63) is 78.2 Å². The molecule has 3 heteroatoms. The van der Waals surface area contributed by atoms with Gasteiger partial charge in [-0.25, -0.2) is 4.58 Å². The number of hydrogen-bond acceptors (Lipinski definition) is 1. The van der Waals surface area contributed by atoms with Crippen molar-refractivity contribution in [2.75, 3.05) is 7.05 Å². The maximum atomic E-state index is 6.12. The highest BCUT2D eigenvalue weighted by molar-refractivity contribution is 6.31. The SMILES string of the molecule is Cc1c2c3c(c4ccccc14)c1ccccc1n3C1=COC3C=C[N+](C)=C2C13. The van der Waals surface area contributed by atoms with Crippen molar-refractivity contribution >= 4 is 44.0 Å². The van der Waals surface area contributed by atoms with E-state index in [2.05, 4.69) is 83.9 Å². The van der Waals surface area contributed by atoms with Gasteiger partial charge in [-0.05, 0) is 29.3 Å². The topological polar surface area (TPSA) is 17.2 Å². The fourth-order valence-corrected chi connectivity index (χ4v) is 5.63. The van der Waals surface area contributed by atoms with Crippen LogP contribution in [-0.4, -0.2) is 28.0 Å². The molecule has 3 aromatic carbocycles. The lowest BCUT2D eigenvalue weighted by atomic mass is 9.81. The average Bonchev–Trinajstić information content (AvgIpc) is 3.29. The second-order valence-corrected chi connectivity index (χ2v) is 8.08. The van der Waals surface area contributed by atoms with E-state index in [1.165, 1.54) is 55.1 Å².